The zero-order chi connectivity index (χ0) is 22.7. The third kappa shape index (κ3) is 4.71. The number of sulfone groups is 1. The molecule has 0 spiro atoms. The molecule has 1 saturated carbocycles. The van der Waals surface area contributed by atoms with Gasteiger partial charge in [-0.1, -0.05) is 12.1 Å². The predicted molar refractivity (Wildman–Crippen MR) is 124 cm³/mol. The molecule has 0 bridgehead atoms. The molecule has 3 unspecified atom stereocenters. The summed E-state index contributed by atoms with van der Waals surface area (Å²) in [5.74, 6) is -0.166. The molecule has 1 aliphatic rings. The van der Waals surface area contributed by atoms with Gasteiger partial charge in [-0.25, -0.2) is 8.42 Å². The molecule has 3 aromatic rings. The Morgan fingerprint density at radius 2 is 1.94 bits per heavy atom. The SMILES string of the molecule is COC1CCC(S(=O)(=O)c2ccc(CNC(=O)c3cc4ccncc4s3)cc2)C(OC)C1. The average molecular weight is 475 g/mol. The number of rotatable bonds is 7. The zero-order valence-corrected chi connectivity index (χ0v) is 19.6. The van der Waals surface area contributed by atoms with Crippen LogP contribution in [0.25, 0.3) is 10.1 Å². The van der Waals surface area contributed by atoms with Crippen molar-refractivity contribution in [1.29, 1.82) is 0 Å². The van der Waals surface area contributed by atoms with Crippen LogP contribution in [0.2, 0.25) is 0 Å². The highest BCUT2D eigenvalue weighted by Crippen LogP contribution is 2.32. The van der Waals surface area contributed by atoms with Gasteiger partial charge in [0.1, 0.15) is 0 Å². The number of carbonyl (C=O) groups is 1. The highest BCUT2D eigenvalue weighted by molar-refractivity contribution is 7.92. The Bertz CT molecular complexity index is 1160. The van der Waals surface area contributed by atoms with Crippen molar-refractivity contribution in [1.82, 2.24) is 10.3 Å². The molecular weight excluding hydrogens is 448 g/mol. The molecule has 3 atom stereocenters. The van der Waals surface area contributed by atoms with Gasteiger partial charge in [0.25, 0.3) is 5.91 Å². The molecule has 9 heteroatoms. The number of thiophene rings is 1. The number of ether oxygens (including phenoxy) is 2. The average Bonchev–Trinajstić information content (AvgIpc) is 3.27. The fraction of sp³-hybridized carbons (Fsp3) is 0.391. The van der Waals surface area contributed by atoms with E-state index in [1.165, 1.54) is 11.3 Å². The smallest absolute Gasteiger partial charge is 0.261 e. The van der Waals surface area contributed by atoms with Crippen LogP contribution in [0.3, 0.4) is 0 Å². The van der Waals surface area contributed by atoms with Gasteiger partial charge in [-0.15, -0.1) is 11.3 Å². The van der Waals surface area contributed by atoms with E-state index in [0.29, 0.717) is 30.7 Å². The third-order valence-electron chi connectivity index (χ3n) is 5.97. The van der Waals surface area contributed by atoms with E-state index in [2.05, 4.69) is 10.3 Å². The number of methoxy groups -OCH3 is 2. The minimum absolute atomic E-state index is 0.0228. The molecule has 0 aliphatic heterocycles. The number of pyridine rings is 1. The minimum Gasteiger partial charge on any atom is -0.381 e. The van der Waals surface area contributed by atoms with Crippen molar-refractivity contribution < 1.29 is 22.7 Å². The van der Waals surface area contributed by atoms with Gasteiger partial charge in [0, 0.05) is 39.6 Å². The highest BCUT2D eigenvalue weighted by atomic mass is 32.2. The molecule has 2 heterocycles. The lowest BCUT2D eigenvalue weighted by molar-refractivity contribution is -0.00702. The van der Waals surface area contributed by atoms with E-state index >= 15 is 0 Å². The van der Waals surface area contributed by atoms with Gasteiger partial charge in [-0.2, -0.15) is 0 Å². The van der Waals surface area contributed by atoms with Crippen molar-refractivity contribution in [2.24, 2.45) is 0 Å². The Balaban J connectivity index is 1.41. The first-order chi connectivity index (χ1) is 15.4. The fourth-order valence-corrected chi connectivity index (χ4v) is 7.00. The maximum absolute atomic E-state index is 13.2. The quantitative estimate of drug-likeness (QED) is 0.562. The molecule has 170 valence electrons. The van der Waals surface area contributed by atoms with Crippen LogP contribution < -0.4 is 5.32 Å². The van der Waals surface area contributed by atoms with E-state index in [1.54, 1.807) is 50.9 Å². The molecule has 4 rings (SSSR count). The van der Waals surface area contributed by atoms with Crippen LogP contribution in [-0.4, -0.2) is 51.0 Å². The largest absolute Gasteiger partial charge is 0.381 e. The van der Waals surface area contributed by atoms with Crippen LogP contribution >= 0.6 is 11.3 Å². The van der Waals surface area contributed by atoms with E-state index < -0.39 is 21.2 Å². The Kier molecular flexibility index (Phi) is 6.90. The predicted octanol–water partition coefficient (Wildman–Crippen LogP) is 3.58. The molecule has 1 amide bonds. The van der Waals surface area contributed by atoms with Crippen molar-refractivity contribution in [2.75, 3.05) is 14.2 Å². The first-order valence-corrected chi connectivity index (χ1v) is 12.8. The van der Waals surface area contributed by atoms with Gasteiger partial charge in [0.15, 0.2) is 9.84 Å². The van der Waals surface area contributed by atoms with E-state index in [9.17, 15) is 13.2 Å². The maximum Gasteiger partial charge on any atom is 0.261 e. The summed E-state index contributed by atoms with van der Waals surface area (Å²) in [5.41, 5.74) is 0.825. The lowest BCUT2D eigenvalue weighted by Gasteiger charge is -2.34. The first-order valence-electron chi connectivity index (χ1n) is 10.4. The fourth-order valence-electron chi connectivity index (χ4n) is 4.12. The number of fused-ring (bicyclic) bond motifs is 1. The molecule has 1 aromatic carbocycles. The van der Waals surface area contributed by atoms with Crippen molar-refractivity contribution in [3.8, 4) is 0 Å². The molecule has 1 fully saturated rings. The standard InChI is InChI=1S/C23H26N2O5S2/c1-29-17-5-8-22(19(12-17)30-2)32(27,28)18-6-3-15(4-7-18)13-25-23(26)20-11-16-9-10-24-14-21(16)31-20/h3-4,6-7,9-11,14,17,19,22H,5,8,12-13H2,1-2H3,(H,25,26). The van der Waals surface area contributed by atoms with Crippen molar-refractivity contribution in [3.63, 3.8) is 0 Å². The Labute approximate surface area is 191 Å². The summed E-state index contributed by atoms with van der Waals surface area (Å²) in [7, 11) is -0.347. The molecule has 32 heavy (non-hydrogen) atoms. The van der Waals surface area contributed by atoms with Gasteiger partial charge in [-0.05, 0) is 48.1 Å². The summed E-state index contributed by atoms with van der Waals surface area (Å²) in [5, 5.41) is 3.29. The maximum atomic E-state index is 13.2. The molecule has 0 saturated heterocycles. The van der Waals surface area contributed by atoms with Crippen molar-refractivity contribution >= 4 is 37.2 Å². The Morgan fingerprint density at radius 1 is 1.16 bits per heavy atom. The Hall–Kier alpha value is -2.33. The summed E-state index contributed by atoms with van der Waals surface area (Å²) in [4.78, 5) is 17.5. The van der Waals surface area contributed by atoms with E-state index in [4.69, 9.17) is 9.47 Å². The third-order valence-corrected chi connectivity index (χ3v) is 9.32. The molecule has 0 radical (unpaired) electrons. The lowest BCUT2D eigenvalue weighted by Crippen LogP contribution is -2.42. The summed E-state index contributed by atoms with van der Waals surface area (Å²) in [6, 6.07) is 10.4. The van der Waals surface area contributed by atoms with Crippen molar-refractivity contribution in [2.45, 2.75) is 48.2 Å². The van der Waals surface area contributed by atoms with Gasteiger partial charge < -0.3 is 14.8 Å². The van der Waals surface area contributed by atoms with Gasteiger partial charge in [0.2, 0.25) is 0 Å². The number of hydrogen-bond donors (Lipinski definition) is 1. The molecule has 1 aliphatic carbocycles. The second-order valence-corrected chi connectivity index (χ2v) is 11.1. The van der Waals surface area contributed by atoms with Crippen LogP contribution in [0.4, 0.5) is 0 Å². The number of amides is 1. The van der Waals surface area contributed by atoms with Gasteiger partial charge in [0.05, 0.1) is 31.9 Å². The number of hydrogen-bond acceptors (Lipinski definition) is 7. The summed E-state index contributed by atoms with van der Waals surface area (Å²) < 4.78 is 38.2. The zero-order valence-electron chi connectivity index (χ0n) is 18.0. The first kappa shape index (κ1) is 22.8. The van der Waals surface area contributed by atoms with Crippen LogP contribution in [0.15, 0.2) is 53.7 Å². The number of carbonyl (C=O) groups excluding carboxylic acids is 1. The summed E-state index contributed by atoms with van der Waals surface area (Å²) in [6.45, 7) is 0.311. The van der Waals surface area contributed by atoms with E-state index in [1.807, 2.05) is 12.1 Å². The lowest BCUT2D eigenvalue weighted by atomic mass is 9.94. The molecular formula is C23H26N2O5S2. The van der Waals surface area contributed by atoms with Crippen LogP contribution in [0, 0.1) is 0 Å². The minimum atomic E-state index is -3.53. The van der Waals surface area contributed by atoms with Crippen molar-refractivity contribution in [3.05, 3.63) is 59.2 Å². The second kappa shape index (κ2) is 9.66. The van der Waals surface area contributed by atoms with E-state index in [0.717, 1.165) is 15.6 Å². The Morgan fingerprint density at radius 3 is 2.62 bits per heavy atom. The number of nitrogens with one attached hydrogen (secondary N) is 1. The molecule has 1 N–H and O–H groups in total. The van der Waals surface area contributed by atoms with Gasteiger partial charge >= 0.3 is 0 Å². The number of aromatic nitrogens is 1. The number of benzene rings is 1. The van der Waals surface area contributed by atoms with Gasteiger partial charge in [-0.3, -0.25) is 9.78 Å². The topological polar surface area (TPSA) is 94.6 Å². The monoisotopic (exact) mass is 474 g/mol. The summed E-state index contributed by atoms with van der Waals surface area (Å²) >= 11 is 1.39. The van der Waals surface area contributed by atoms with Crippen LogP contribution in [0.5, 0.6) is 0 Å². The summed E-state index contributed by atoms with van der Waals surface area (Å²) in [6.07, 6.45) is 4.83. The highest BCUT2D eigenvalue weighted by Gasteiger charge is 2.39. The molecule has 2 aromatic heterocycles. The normalized spacial score (nSPS) is 21.5. The van der Waals surface area contributed by atoms with E-state index in [-0.39, 0.29) is 16.9 Å². The van der Waals surface area contributed by atoms with Crippen LogP contribution in [0.1, 0.15) is 34.5 Å². The molecule has 7 nitrogen and oxygen atoms in total. The van der Waals surface area contributed by atoms with Crippen LogP contribution in [-0.2, 0) is 25.9 Å². The number of nitrogens with zero attached hydrogens (tertiary/aromatic N) is 1. The second-order valence-electron chi connectivity index (χ2n) is 7.88.